The molecular weight excluding hydrogens is 366 g/mol. The molecule has 29 heavy (non-hydrogen) atoms. The molecule has 2 amide bonds. The number of rotatable bonds is 5. The maximum absolute atomic E-state index is 13.0. The van der Waals surface area contributed by atoms with E-state index < -0.39 is 0 Å². The van der Waals surface area contributed by atoms with Gasteiger partial charge in [-0.15, -0.1) is 0 Å². The van der Waals surface area contributed by atoms with Gasteiger partial charge in [0, 0.05) is 31.6 Å². The second-order valence-electron chi connectivity index (χ2n) is 8.89. The molecular formula is C23H33N3O3. The molecule has 3 saturated heterocycles. The minimum absolute atomic E-state index is 0.150. The largest absolute Gasteiger partial charge is 0.497 e. The summed E-state index contributed by atoms with van der Waals surface area (Å²) in [6.07, 6.45) is 4.61. The minimum Gasteiger partial charge on any atom is -0.497 e. The number of hydrogen-bond donors (Lipinski definition) is 1. The Bertz CT molecular complexity index is 767. The summed E-state index contributed by atoms with van der Waals surface area (Å²) in [5.41, 5.74) is 1.19. The van der Waals surface area contributed by atoms with Crippen LogP contribution in [0, 0.1) is 11.8 Å². The third-order valence-electron chi connectivity index (χ3n) is 7.19. The lowest BCUT2D eigenvalue weighted by atomic mass is 9.70. The van der Waals surface area contributed by atoms with E-state index in [4.69, 9.17) is 4.74 Å². The van der Waals surface area contributed by atoms with Gasteiger partial charge in [-0.3, -0.25) is 9.59 Å². The predicted molar refractivity (Wildman–Crippen MR) is 112 cm³/mol. The van der Waals surface area contributed by atoms with E-state index in [2.05, 4.69) is 27.2 Å². The molecule has 3 aliphatic heterocycles. The Morgan fingerprint density at radius 2 is 2.10 bits per heavy atom. The maximum Gasteiger partial charge on any atom is 0.239 e. The van der Waals surface area contributed by atoms with Crippen molar-refractivity contribution in [3.8, 4) is 5.75 Å². The van der Waals surface area contributed by atoms with Crippen molar-refractivity contribution in [1.29, 1.82) is 0 Å². The average Bonchev–Trinajstić information content (AvgIpc) is 2.75. The minimum atomic E-state index is -0.172. The summed E-state index contributed by atoms with van der Waals surface area (Å²) in [6, 6.07) is 8.41. The first-order valence-electron chi connectivity index (χ1n) is 10.9. The standard InChI is InChI=1S/C23H33N3O3/c1-15(24-2)23(28)25-13-17-12-18(14-25)21(26-20(17)8-5-9-22(26)27)11-16-6-4-7-19(10-16)29-3/h4,6-7,10,15,17-18,20-21,24H,5,8-9,11-14H2,1-3H3/t15-,17+,18-,20-,21-/m0/s1. The fraction of sp³-hybridized carbons (Fsp3) is 0.652. The zero-order chi connectivity index (χ0) is 20.5. The van der Waals surface area contributed by atoms with Crippen molar-refractivity contribution in [3.05, 3.63) is 29.8 Å². The van der Waals surface area contributed by atoms with Crippen LogP contribution in [-0.4, -0.2) is 67.0 Å². The molecule has 4 rings (SSSR count). The highest BCUT2D eigenvalue weighted by Crippen LogP contribution is 2.42. The Kier molecular flexibility index (Phi) is 5.81. The van der Waals surface area contributed by atoms with Crippen LogP contribution in [0.5, 0.6) is 5.75 Å². The number of carbonyl (C=O) groups excluding carboxylic acids is 2. The molecule has 3 fully saturated rings. The fourth-order valence-electron chi connectivity index (χ4n) is 5.66. The third-order valence-corrected chi connectivity index (χ3v) is 7.19. The molecule has 158 valence electrons. The van der Waals surface area contributed by atoms with Gasteiger partial charge in [0.25, 0.3) is 0 Å². The van der Waals surface area contributed by atoms with E-state index in [1.165, 1.54) is 5.56 Å². The second kappa shape index (κ2) is 8.34. The highest BCUT2D eigenvalue weighted by Gasteiger charge is 2.50. The van der Waals surface area contributed by atoms with Crippen molar-refractivity contribution < 1.29 is 14.3 Å². The van der Waals surface area contributed by atoms with Crippen molar-refractivity contribution in [2.45, 2.75) is 57.2 Å². The summed E-state index contributed by atoms with van der Waals surface area (Å²) < 4.78 is 5.40. The van der Waals surface area contributed by atoms with Crippen LogP contribution < -0.4 is 10.1 Å². The van der Waals surface area contributed by atoms with Crippen molar-refractivity contribution in [2.75, 3.05) is 27.2 Å². The fourth-order valence-corrected chi connectivity index (χ4v) is 5.66. The van der Waals surface area contributed by atoms with Crippen molar-refractivity contribution in [3.63, 3.8) is 0 Å². The van der Waals surface area contributed by atoms with Crippen LogP contribution >= 0.6 is 0 Å². The van der Waals surface area contributed by atoms with E-state index in [1.807, 2.05) is 26.1 Å². The average molecular weight is 400 g/mol. The first kappa shape index (κ1) is 20.2. The third kappa shape index (κ3) is 3.87. The summed E-state index contributed by atoms with van der Waals surface area (Å²) in [6.45, 7) is 3.45. The molecule has 3 aliphatic rings. The number of hydrogen-bond acceptors (Lipinski definition) is 4. The molecule has 0 aliphatic carbocycles. The number of benzene rings is 1. The van der Waals surface area contributed by atoms with Gasteiger partial charge >= 0.3 is 0 Å². The van der Waals surface area contributed by atoms with Gasteiger partial charge in [-0.1, -0.05) is 12.1 Å². The molecule has 6 nitrogen and oxygen atoms in total. The number of piperidine rings is 3. The lowest BCUT2D eigenvalue weighted by molar-refractivity contribution is -0.156. The van der Waals surface area contributed by atoms with Crippen LogP contribution in [0.1, 0.15) is 38.2 Å². The topological polar surface area (TPSA) is 61.9 Å². The Morgan fingerprint density at radius 3 is 2.86 bits per heavy atom. The number of nitrogens with one attached hydrogen (secondary N) is 1. The molecule has 1 aromatic rings. The van der Waals surface area contributed by atoms with E-state index in [-0.39, 0.29) is 24.0 Å². The van der Waals surface area contributed by atoms with Crippen LogP contribution in [0.15, 0.2) is 24.3 Å². The molecule has 0 aromatic heterocycles. The number of methoxy groups -OCH3 is 1. The quantitative estimate of drug-likeness (QED) is 0.824. The number of fused-ring (bicyclic) bond motifs is 4. The van der Waals surface area contributed by atoms with Crippen LogP contribution in [0.25, 0.3) is 0 Å². The lowest BCUT2D eigenvalue weighted by Crippen LogP contribution is -2.66. The molecule has 6 heteroatoms. The molecule has 2 bridgehead atoms. The van der Waals surface area contributed by atoms with Gasteiger partial charge in [0.1, 0.15) is 5.75 Å². The summed E-state index contributed by atoms with van der Waals surface area (Å²) in [4.78, 5) is 30.1. The molecule has 0 radical (unpaired) electrons. The number of ether oxygens (including phenoxy) is 1. The van der Waals surface area contributed by atoms with E-state index in [9.17, 15) is 9.59 Å². The summed E-state index contributed by atoms with van der Waals surface area (Å²) in [5, 5.41) is 3.09. The van der Waals surface area contributed by atoms with Crippen molar-refractivity contribution in [2.24, 2.45) is 11.8 Å². The van der Waals surface area contributed by atoms with Crippen LogP contribution in [0.2, 0.25) is 0 Å². The molecule has 0 spiro atoms. The maximum atomic E-state index is 13.0. The summed E-state index contributed by atoms with van der Waals surface area (Å²) >= 11 is 0. The van der Waals surface area contributed by atoms with E-state index in [0.29, 0.717) is 24.2 Å². The number of likely N-dealkylation sites (N-methyl/N-ethyl adjacent to an activating group) is 1. The summed E-state index contributed by atoms with van der Waals surface area (Å²) in [5.74, 6) is 2.05. The normalized spacial score (nSPS) is 30.0. The van der Waals surface area contributed by atoms with Gasteiger partial charge < -0.3 is 19.9 Å². The van der Waals surface area contributed by atoms with E-state index >= 15 is 0 Å². The van der Waals surface area contributed by atoms with Crippen LogP contribution in [-0.2, 0) is 16.0 Å². The molecule has 3 heterocycles. The van der Waals surface area contributed by atoms with E-state index in [1.54, 1.807) is 7.11 Å². The van der Waals surface area contributed by atoms with Gasteiger partial charge in [-0.2, -0.15) is 0 Å². The monoisotopic (exact) mass is 399 g/mol. The number of amides is 2. The van der Waals surface area contributed by atoms with Gasteiger partial charge in [0.2, 0.25) is 11.8 Å². The van der Waals surface area contributed by atoms with Gasteiger partial charge in [-0.05, 0) is 69.2 Å². The molecule has 1 aromatic carbocycles. The van der Waals surface area contributed by atoms with Gasteiger partial charge in [0.05, 0.1) is 13.2 Å². The smallest absolute Gasteiger partial charge is 0.239 e. The lowest BCUT2D eigenvalue weighted by Gasteiger charge is -2.57. The molecule has 5 atom stereocenters. The van der Waals surface area contributed by atoms with Gasteiger partial charge in [-0.25, -0.2) is 0 Å². The Hall–Kier alpha value is -2.08. The number of likely N-dealkylation sites (tertiary alicyclic amines) is 1. The molecule has 0 unspecified atom stereocenters. The van der Waals surface area contributed by atoms with Crippen molar-refractivity contribution in [1.82, 2.24) is 15.1 Å². The van der Waals surface area contributed by atoms with Crippen LogP contribution in [0.4, 0.5) is 0 Å². The Labute approximate surface area is 173 Å². The highest BCUT2D eigenvalue weighted by atomic mass is 16.5. The molecule has 0 saturated carbocycles. The predicted octanol–water partition coefficient (Wildman–Crippen LogP) is 2.07. The van der Waals surface area contributed by atoms with E-state index in [0.717, 1.165) is 44.5 Å². The second-order valence-corrected chi connectivity index (χ2v) is 8.89. The zero-order valence-electron chi connectivity index (χ0n) is 17.8. The first-order valence-corrected chi connectivity index (χ1v) is 10.9. The zero-order valence-corrected chi connectivity index (χ0v) is 17.8. The molecule has 1 N–H and O–H groups in total. The first-order chi connectivity index (χ1) is 14.0. The number of carbonyl (C=O) groups is 2. The SMILES string of the molecule is CN[C@@H](C)C(=O)N1C[C@H]2C[C@@H](C1)[C@H](Cc1cccc(OC)c1)N1C(=O)CCC[C@@H]21. The van der Waals surface area contributed by atoms with Gasteiger partial charge in [0.15, 0.2) is 0 Å². The van der Waals surface area contributed by atoms with Crippen molar-refractivity contribution >= 4 is 11.8 Å². The summed E-state index contributed by atoms with van der Waals surface area (Å²) in [7, 11) is 3.52. The highest BCUT2D eigenvalue weighted by molar-refractivity contribution is 5.82. The van der Waals surface area contributed by atoms with Crippen LogP contribution in [0.3, 0.4) is 0 Å². The number of nitrogens with zero attached hydrogens (tertiary/aromatic N) is 2. The Balaban J connectivity index is 1.62. The Morgan fingerprint density at radius 1 is 1.31 bits per heavy atom.